The van der Waals surface area contributed by atoms with Crippen molar-refractivity contribution in [1.29, 1.82) is 0 Å². The third-order valence-corrected chi connectivity index (χ3v) is 2.38. The Labute approximate surface area is 72.6 Å². The van der Waals surface area contributed by atoms with Crippen molar-refractivity contribution in [3.63, 3.8) is 0 Å². The summed E-state index contributed by atoms with van der Waals surface area (Å²) in [5, 5.41) is 11.8. The van der Waals surface area contributed by atoms with Crippen molar-refractivity contribution >= 4 is 5.97 Å². The molecule has 0 aromatic heterocycles. The first kappa shape index (κ1) is 9.48. The van der Waals surface area contributed by atoms with Crippen LogP contribution in [0.15, 0.2) is 0 Å². The molecule has 1 saturated heterocycles. The first-order chi connectivity index (χ1) is 5.59. The lowest BCUT2D eigenvalue weighted by molar-refractivity contribution is -0.137. The summed E-state index contributed by atoms with van der Waals surface area (Å²) in [7, 11) is 2.03. The van der Waals surface area contributed by atoms with E-state index in [4.69, 9.17) is 5.11 Å². The van der Waals surface area contributed by atoms with Crippen LogP contribution in [0.1, 0.15) is 13.3 Å². The van der Waals surface area contributed by atoms with Crippen molar-refractivity contribution < 1.29 is 9.90 Å². The molecule has 0 bridgehead atoms. The maximum absolute atomic E-state index is 10.4. The molecule has 12 heavy (non-hydrogen) atoms. The molecule has 1 aliphatic rings. The summed E-state index contributed by atoms with van der Waals surface area (Å²) in [4.78, 5) is 12.6. The van der Waals surface area contributed by atoms with E-state index in [1.807, 2.05) is 7.05 Å². The number of carboxylic acids is 1. The highest BCUT2D eigenvalue weighted by Gasteiger charge is 2.23. The zero-order chi connectivity index (χ0) is 9.14. The van der Waals surface area contributed by atoms with Crippen LogP contribution in [-0.2, 0) is 4.79 Å². The van der Waals surface area contributed by atoms with Crippen LogP contribution in [0, 0.1) is 0 Å². The van der Waals surface area contributed by atoms with Gasteiger partial charge in [0, 0.05) is 25.2 Å². The molecule has 4 nitrogen and oxygen atoms in total. The summed E-state index contributed by atoms with van der Waals surface area (Å²) in [6.07, 6.45) is 0.219. The van der Waals surface area contributed by atoms with Crippen LogP contribution in [0.25, 0.3) is 0 Å². The van der Waals surface area contributed by atoms with Crippen molar-refractivity contribution in [3.8, 4) is 0 Å². The Morgan fingerprint density at radius 1 is 1.75 bits per heavy atom. The van der Waals surface area contributed by atoms with E-state index < -0.39 is 5.97 Å². The fourth-order valence-corrected chi connectivity index (χ4v) is 1.43. The molecule has 1 rings (SSSR count). The second-order valence-electron chi connectivity index (χ2n) is 3.49. The molecule has 0 radical (unpaired) electrons. The van der Waals surface area contributed by atoms with E-state index in [1.165, 1.54) is 0 Å². The Morgan fingerprint density at radius 2 is 2.42 bits per heavy atom. The van der Waals surface area contributed by atoms with Gasteiger partial charge in [0.25, 0.3) is 0 Å². The standard InChI is InChI=1S/C8H16N2O2/c1-6-4-9-7(3-8(11)12)5-10(6)2/h6-7,9H,3-5H2,1-2H3,(H,11,12)/t6-,7+/m0/s1. The van der Waals surface area contributed by atoms with Gasteiger partial charge in [0.2, 0.25) is 0 Å². The molecule has 1 fully saturated rings. The summed E-state index contributed by atoms with van der Waals surface area (Å²) in [5.41, 5.74) is 0. The van der Waals surface area contributed by atoms with Gasteiger partial charge in [-0.05, 0) is 14.0 Å². The van der Waals surface area contributed by atoms with Gasteiger partial charge in [0.15, 0.2) is 0 Å². The lowest BCUT2D eigenvalue weighted by Gasteiger charge is -2.35. The molecule has 0 saturated carbocycles. The second kappa shape index (κ2) is 3.87. The van der Waals surface area contributed by atoms with Gasteiger partial charge in [0.1, 0.15) is 0 Å². The number of piperazine rings is 1. The second-order valence-corrected chi connectivity index (χ2v) is 3.49. The Morgan fingerprint density at radius 3 is 2.92 bits per heavy atom. The number of rotatable bonds is 2. The monoisotopic (exact) mass is 172 g/mol. The molecule has 0 amide bonds. The van der Waals surface area contributed by atoms with Gasteiger partial charge >= 0.3 is 5.97 Å². The van der Waals surface area contributed by atoms with Crippen LogP contribution in [0.5, 0.6) is 0 Å². The predicted molar refractivity (Wildman–Crippen MR) is 46.1 cm³/mol. The molecule has 70 valence electrons. The minimum atomic E-state index is -0.726. The van der Waals surface area contributed by atoms with Gasteiger partial charge in [-0.25, -0.2) is 0 Å². The van der Waals surface area contributed by atoms with Crippen LogP contribution in [0.2, 0.25) is 0 Å². The number of carbonyl (C=O) groups is 1. The molecular weight excluding hydrogens is 156 g/mol. The zero-order valence-corrected chi connectivity index (χ0v) is 7.58. The highest BCUT2D eigenvalue weighted by Crippen LogP contribution is 2.05. The smallest absolute Gasteiger partial charge is 0.304 e. The number of nitrogens with one attached hydrogen (secondary N) is 1. The topological polar surface area (TPSA) is 52.6 Å². The summed E-state index contributed by atoms with van der Waals surface area (Å²) in [6.45, 7) is 3.84. The zero-order valence-electron chi connectivity index (χ0n) is 7.58. The average molecular weight is 172 g/mol. The number of aliphatic carboxylic acids is 1. The molecule has 0 unspecified atom stereocenters. The molecule has 4 heteroatoms. The molecule has 0 aromatic carbocycles. The molecule has 2 atom stereocenters. The maximum Gasteiger partial charge on any atom is 0.304 e. The lowest BCUT2D eigenvalue weighted by atomic mass is 10.1. The number of hydrogen-bond donors (Lipinski definition) is 2. The fraction of sp³-hybridized carbons (Fsp3) is 0.875. The summed E-state index contributed by atoms with van der Waals surface area (Å²) < 4.78 is 0. The van der Waals surface area contributed by atoms with Gasteiger partial charge < -0.3 is 15.3 Å². The van der Waals surface area contributed by atoms with Gasteiger partial charge in [-0.2, -0.15) is 0 Å². The third-order valence-electron chi connectivity index (χ3n) is 2.38. The van der Waals surface area contributed by atoms with Crippen molar-refractivity contribution in [3.05, 3.63) is 0 Å². The molecule has 0 spiro atoms. The minimum absolute atomic E-state index is 0.115. The van der Waals surface area contributed by atoms with Crippen molar-refractivity contribution in [1.82, 2.24) is 10.2 Å². The highest BCUT2D eigenvalue weighted by molar-refractivity contribution is 5.67. The first-order valence-corrected chi connectivity index (χ1v) is 4.25. The Balaban J connectivity index is 2.35. The Kier molecular flexibility index (Phi) is 3.05. The van der Waals surface area contributed by atoms with Gasteiger partial charge in [0.05, 0.1) is 6.42 Å². The van der Waals surface area contributed by atoms with Crippen LogP contribution < -0.4 is 5.32 Å². The minimum Gasteiger partial charge on any atom is -0.481 e. The first-order valence-electron chi connectivity index (χ1n) is 4.25. The highest BCUT2D eigenvalue weighted by atomic mass is 16.4. The largest absolute Gasteiger partial charge is 0.481 e. The SMILES string of the molecule is C[C@H]1CN[C@H](CC(=O)O)CN1C. The van der Waals surface area contributed by atoms with E-state index in [1.54, 1.807) is 0 Å². The van der Waals surface area contributed by atoms with E-state index in [0.717, 1.165) is 13.1 Å². The summed E-state index contributed by atoms with van der Waals surface area (Å²) in [6, 6.07) is 0.624. The van der Waals surface area contributed by atoms with E-state index in [2.05, 4.69) is 17.1 Å². The Bertz CT molecular complexity index is 172. The Hall–Kier alpha value is -0.610. The summed E-state index contributed by atoms with van der Waals surface area (Å²) >= 11 is 0. The quantitative estimate of drug-likeness (QED) is 0.603. The number of carboxylic acid groups (broad SMARTS) is 1. The predicted octanol–water partition coefficient (Wildman–Crippen LogP) is -0.247. The van der Waals surface area contributed by atoms with Crippen LogP contribution in [-0.4, -0.2) is 48.2 Å². The van der Waals surface area contributed by atoms with E-state index in [9.17, 15) is 4.79 Å². The third kappa shape index (κ3) is 2.46. The molecule has 0 aromatic rings. The van der Waals surface area contributed by atoms with Crippen molar-refractivity contribution in [2.75, 3.05) is 20.1 Å². The summed E-state index contributed by atoms with van der Waals surface area (Å²) in [5.74, 6) is -0.726. The van der Waals surface area contributed by atoms with Gasteiger partial charge in [-0.15, -0.1) is 0 Å². The van der Waals surface area contributed by atoms with Gasteiger partial charge in [-0.3, -0.25) is 4.79 Å². The fourth-order valence-electron chi connectivity index (χ4n) is 1.43. The molecule has 1 aliphatic heterocycles. The van der Waals surface area contributed by atoms with Crippen LogP contribution in [0.3, 0.4) is 0 Å². The van der Waals surface area contributed by atoms with E-state index in [0.29, 0.717) is 6.04 Å². The maximum atomic E-state index is 10.4. The number of hydrogen-bond acceptors (Lipinski definition) is 3. The number of likely N-dealkylation sites (N-methyl/N-ethyl adjacent to an activating group) is 1. The van der Waals surface area contributed by atoms with E-state index >= 15 is 0 Å². The molecule has 0 aliphatic carbocycles. The lowest BCUT2D eigenvalue weighted by Crippen LogP contribution is -2.54. The molecular formula is C8H16N2O2. The van der Waals surface area contributed by atoms with Crippen LogP contribution in [0.4, 0.5) is 0 Å². The molecule has 1 heterocycles. The van der Waals surface area contributed by atoms with Crippen molar-refractivity contribution in [2.45, 2.75) is 25.4 Å². The average Bonchev–Trinajstić information content (AvgIpc) is 1.96. The molecule has 2 N–H and O–H groups in total. The normalized spacial score (nSPS) is 31.8. The van der Waals surface area contributed by atoms with E-state index in [-0.39, 0.29) is 12.5 Å². The van der Waals surface area contributed by atoms with Crippen LogP contribution >= 0.6 is 0 Å². The van der Waals surface area contributed by atoms with Crippen molar-refractivity contribution in [2.24, 2.45) is 0 Å². The number of nitrogens with zero attached hydrogens (tertiary/aromatic N) is 1. The van der Waals surface area contributed by atoms with Gasteiger partial charge in [-0.1, -0.05) is 0 Å².